The number of hydrogen-bond acceptors (Lipinski definition) is 4. The van der Waals surface area contributed by atoms with Gasteiger partial charge in [0.25, 0.3) is 0 Å². The van der Waals surface area contributed by atoms with Gasteiger partial charge in [0, 0.05) is 19.7 Å². The second-order valence-corrected chi connectivity index (χ2v) is 5.77. The van der Waals surface area contributed by atoms with Crippen LogP contribution in [-0.2, 0) is 22.5 Å². The number of hydrogen-bond donors (Lipinski definition) is 2. The summed E-state index contributed by atoms with van der Waals surface area (Å²) >= 11 is 0. The van der Waals surface area contributed by atoms with Crippen molar-refractivity contribution < 1.29 is 9.53 Å². The van der Waals surface area contributed by atoms with Crippen LogP contribution in [0.2, 0.25) is 0 Å². The van der Waals surface area contributed by atoms with E-state index in [1.807, 2.05) is 18.2 Å². The van der Waals surface area contributed by atoms with Gasteiger partial charge in [0.1, 0.15) is 0 Å². The van der Waals surface area contributed by atoms with Gasteiger partial charge in [-0.1, -0.05) is 24.3 Å². The second-order valence-electron chi connectivity index (χ2n) is 5.77. The van der Waals surface area contributed by atoms with Crippen LogP contribution in [0.3, 0.4) is 0 Å². The first-order valence-corrected chi connectivity index (χ1v) is 7.51. The summed E-state index contributed by atoms with van der Waals surface area (Å²) in [7, 11) is 2.07. The largest absolute Gasteiger partial charge is 0.380 e. The molecular weight excluding hydrogens is 266 g/mol. The smallest absolute Gasteiger partial charge is 0.238 e. The molecule has 2 rings (SSSR count). The molecule has 0 bridgehead atoms. The van der Waals surface area contributed by atoms with Gasteiger partial charge in [-0.15, -0.1) is 0 Å². The predicted octanol–water partition coefficient (Wildman–Crippen LogP) is 1.08. The van der Waals surface area contributed by atoms with Crippen molar-refractivity contribution in [1.82, 2.24) is 10.3 Å². The third kappa shape index (κ3) is 5.83. The molecule has 3 N–H and O–H groups in total. The van der Waals surface area contributed by atoms with E-state index in [2.05, 4.69) is 23.4 Å². The summed E-state index contributed by atoms with van der Waals surface area (Å²) in [6.45, 7) is 3.37. The first-order valence-electron chi connectivity index (χ1n) is 7.51. The van der Waals surface area contributed by atoms with Gasteiger partial charge in [-0.25, -0.2) is 5.84 Å². The van der Waals surface area contributed by atoms with Crippen LogP contribution in [-0.4, -0.2) is 37.6 Å². The lowest BCUT2D eigenvalue weighted by Gasteiger charge is -2.18. The van der Waals surface area contributed by atoms with E-state index in [1.165, 1.54) is 12.8 Å². The Morgan fingerprint density at radius 2 is 2.10 bits per heavy atom. The molecule has 0 aliphatic heterocycles. The van der Waals surface area contributed by atoms with Crippen molar-refractivity contribution in [3.8, 4) is 0 Å². The van der Waals surface area contributed by atoms with Crippen molar-refractivity contribution >= 4 is 5.91 Å². The minimum Gasteiger partial charge on any atom is -0.380 e. The lowest BCUT2D eigenvalue weighted by molar-refractivity contribution is -0.120. The molecule has 0 spiro atoms. The summed E-state index contributed by atoms with van der Waals surface area (Å²) in [4.78, 5) is 13.6. The number of rotatable bonds is 9. The van der Waals surface area contributed by atoms with Crippen LogP contribution in [0.25, 0.3) is 0 Å². The van der Waals surface area contributed by atoms with Crippen molar-refractivity contribution in [3.05, 3.63) is 35.4 Å². The third-order valence-electron chi connectivity index (χ3n) is 3.74. The lowest BCUT2D eigenvalue weighted by atomic mass is 10.0. The van der Waals surface area contributed by atoms with Crippen LogP contribution in [0, 0.1) is 5.92 Å². The predicted molar refractivity (Wildman–Crippen MR) is 82.4 cm³/mol. The molecule has 5 heteroatoms. The Hall–Kier alpha value is -1.43. The van der Waals surface area contributed by atoms with E-state index in [-0.39, 0.29) is 5.91 Å². The molecule has 1 aromatic carbocycles. The highest BCUT2D eigenvalue weighted by Gasteiger charge is 2.21. The van der Waals surface area contributed by atoms with Crippen molar-refractivity contribution in [3.63, 3.8) is 0 Å². The topological polar surface area (TPSA) is 67.6 Å². The Kier molecular flexibility index (Phi) is 6.17. The zero-order chi connectivity index (χ0) is 15.1. The number of nitrogens with zero attached hydrogens (tertiary/aromatic N) is 1. The number of amides is 1. The maximum Gasteiger partial charge on any atom is 0.238 e. The molecule has 116 valence electrons. The minimum atomic E-state index is -0.169. The maximum atomic E-state index is 11.4. The molecule has 1 amide bonds. The van der Waals surface area contributed by atoms with Gasteiger partial charge in [-0.3, -0.25) is 15.1 Å². The van der Waals surface area contributed by atoms with E-state index >= 15 is 0 Å². The SMILES string of the molecule is CN(CCOCC1CC1)Cc1ccccc1CC(=O)NN. The molecule has 1 saturated carbocycles. The highest BCUT2D eigenvalue weighted by molar-refractivity contribution is 5.78. The standard InChI is InChI=1S/C16H25N3O2/c1-19(8-9-21-12-13-6-7-13)11-15-5-3-2-4-14(15)10-16(20)18-17/h2-5,13H,6-12,17H2,1H3,(H,18,20). The third-order valence-corrected chi connectivity index (χ3v) is 3.74. The number of ether oxygens (including phenoxy) is 1. The molecule has 1 aliphatic carbocycles. The number of hydrazine groups is 1. The van der Waals surface area contributed by atoms with Crippen LogP contribution in [0.15, 0.2) is 24.3 Å². The van der Waals surface area contributed by atoms with Gasteiger partial charge in [0.05, 0.1) is 13.0 Å². The molecule has 0 radical (unpaired) electrons. The van der Waals surface area contributed by atoms with Crippen molar-refractivity contribution in [2.45, 2.75) is 25.8 Å². The van der Waals surface area contributed by atoms with Crippen LogP contribution in [0.4, 0.5) is 0 Å². The molecular formula is C16H25N3O2. The molecule has 21 heavy (non-hydrogen) atoms. The van der Waals surface area contributed by atoms with Crippen molar-refractivity contribution in [2.75, 3.05) is 26.8 Å². The average molecular weight is 291 g/mol. The van der Waals surface area contributed by atoms with Crippen LogP contribution in [0.5, 0.6) is 0 Å². The van der Waals surface area contributed by atoms with Gasteiger partial charge in [0.15, 0.2) is 0 Å². The van der Waals surface area contributed by atoms with E-state index in [0.717, 1.165) is 43.3 Å². The molecule has 0 saturated heterocycles. The molecule has 0 heterocycles. The Morgan fingerprint density at radius 3 is 2.76 bits per heavy atom. The van der Waals surface area contributed by atoms with Gasteiger partial charge in [-0.2, -0.15) is 0 Å². The second kappa shape index (κ2) is 8.12. The molecule has 1 fully saturated rings. The molecule has 5 nitrogen and oxygen atoms in total. The Bertz CT molecular complexity index is 461. The number of nitrogens with one attached hydrogen (secondary N) is 1. The Labute approximate surface area is 126 Å². The van der Waals surface area contributed by atoms with Crippen LogP contribution in [0.1, 0.15) is 24.0 Å². The minimum absolute atomic E-state index is 0.169. The van der Waals surface area contributed by atoms with Crippen LogP contribution < -0.4 is 11.3 Å². The van der Waals surface area contributed by atoms with Crippen molar-refractivity contribution in [1.29, 1.82) is 0 Å². The first-order chi connectivity index (χ1) is 10.2. The highest BCUT2D eigenvalue weighted by atomic mass is 16.5. The monoisotopic (exact) mass is 291 g/mol. The fourth-order valence-corrected chi connectivity index (χ4v) is 2.23. The van der Waals surface area contributed by atoms with Crippen LogP contribution >= 0.6 is 0 Å². The molecule has 1 aliphatic rings. The maximum absolute atomic E-state index is 11.4. The Morgan fingerprint density at radius 1 is 1.38 bits per heavy atom. The summed E-state index contributed by atoms with van der Waals surface area (Å²) in [6, 6.07) is 7.97. The first kappa shape index (κ1) is 15.9. The normalized spacial score (nSPS) is 14.4. The number of carbonyl (C=O) groups excluding carboxylic acids is 1. The van der Waals surface area contributed by atoms with E-state index in [9.17, 15) is 4.79 Å². The zero-order valence-corrected chi connectivity index (χ0v) is 12.7. The molecule has 1 aromatic rings. The molecule has 0 unspecified atom stereocenters. The van der Waals surface area contributed by atoms with E-state index < -0.39 is 0 Å². The summed E-state index contributed by atoms with van der Waals surface area (Å²) in [5, 5.41) is 0. The molecule has 0 aromatic heterocycles. The summed E-state index contributed by atoms with van der Waals surface area (Å²) in [5.41, 5.74) is 4.36. The van der Waals surface area contributed by atoms with E-state index in [4.69, 9.17) is 10.6 Å². The quantitative estimate of drug-likeness (QED) is 0.309. The number of likely N-dealkylation sites (N-methyl/N-ethyl adjacent to an activating group) is 1. The van der Waals surface area contributed by atoms with E-state index in [0.29, 0.717) is 6.42 Å². The highest BCUT2D eigenvalue weighted by Crippen LogP contribution is 2.28. The Balaban J connectivity index is 1.78. The summed E-state index contributed by atoms with van der Waals surface area (Å²) in [5.74, 6) is 5.80. The number of carbonyl (C=O) groups is 1. The van der Waals surface area contributed by atoms with Crippen molar-refractivity contribution in [2.24, 2.45) is 11.8 Å². The fourth-order valence-electron chi connectivity index (χ4n) is 2.23. The van der Waals surface area contributed by atoms with E-state index in [1.54, 1.807) is 0 Å². The number of benzene rings is 1. The van der Waals surface area contributed by atoms with Gasteiger partial charge in [-0.05, 0) is 36.9 Å². The summed E-state index contributed by atoms with van der Waals surface area (Å²) in [6.07, 6.45) is 2.97. The average Bonchev–Trinajstić information content (AvgIpc) is 3.30. The number of nitrogens with two attached hydrogens (primary N) is 1. The lowest BCUT2D eigenvalue weighted by Crippen LogP contribution is -2.32. The molecule has 0 atom stereocenters. The van der Waals surface area contributed by atoms with Gasteiger partial charge < -0.3 is 4.74 Å². The fraction of sp³-hybridized carbons (Fsp3) is 0.562. The van der Waals surface area contributed by atoms with Gasteiger partial charge >= 0.3 is 0 Å². The van der Waals surface area contributed by atoms with Gasteiger partial charge in [0.2, 0.25) is 5.91 Å². The zero-order valence-electron chi connectivity index (χ0n) is 12.7. The summed E-state index contributed by atoms with van der Waals surface area (Å²) < 4.78 is 5.66.